The fourth-order valence-corrected chi connectivity index (χ4v) is 2.48. The Morgan fingerprint density at radius 3 is 2.77 bits per heavy atom. The molecule has 0 spiro atoms. The van der Waals surface area contributed by atoms with Crippen molar-refractivity contribution >= 4 is 12.0 Å². The van der Waals surface area contributed by atoms with Crippen LogP contribution >= 0.6 is 0 Å². The van der Waals surface area contributed by atoms with E-state index in [4.69, 9.17) is 4.52 Å². The molecule has 0 bridgehead atoms. The topological polar surface area (TPSA) is 106 Å². The van der Waals surface area contributed by atoms with E-state index < -0.39 is 12.1 Å². The zero-order chi connectivity index (χ0) is 15.9. The molecule has 1 aliphatic carbocycles. The number of hydrogen-bond donors (Lipinski definition) is 2. The molecule has 8 nitrogen and oxygen atoms in total. The largest absolute Gasteiger partial charge is 0.453 e. The molecule has 2 rings (SSSR count). The highest BCUT2D eigenvalue weighted by Crippen LogP contribution is 2.30. The van der Waals surface area contributed by atoms with Gasteiger partial charge in [-0.2, -0.15) is 4.98 Å². The Kier molecular flexibility index (Phi) is 5.74. The van der Waals surface area contributed by atoms with Gasteiger partial charge in [0.2, 0.25) is 11.8 Å². The van der Waals surface area contributed by atoms with Crippen molar-refractivity contribution in [3.8, 4) is 0 Å². The molecule has 1 saturated carbocycles. The lowest BCUT2D eigenvalue weighted by atomic mass is 9.89. The molecule has 1 aliphatic rings. The summed E-state index contributed by atoms with van der Waals surface area (Å²) in [5.41, 5.74) is 0. The molecule has 22 heavy (non-hydrogen) atoms. The number of methoxy groups -OCH3 is 1. The summed E-state index contributed by atoms with van der Waals surface area (Å²) >= 11 is 0. The number of amides is 2. The second-order valence-corrected chi connectivity index (χ2v) is 5.46. The van der Waals surface area contributed by atoms with Crippen LogP contribution in [0.2, 0.25) is 0 Å². The van der Waals surface area contributed by atoms with E-state index in [0.29, 0.717) is 11.8 Å². The predicted octanol–water partition coefficient (Wildman–Crippen LogP) is 1.48. The highest BCUT2D eigenvalue weighted by molar-refractivity contribution is 5.85. The van der Waals surface area contributed by atoms with Crippen molar-refractivity contribution in [2.75, 3.05) is 7.11 Å². The molecule has 2 N–H and O–H groups in total. The molecular formula is C14H22N4O4. The maximum absolute atomic E-state index is 11.8. The highest BCUT2D eigenvalue weighted by Gasteiger charge is 2.21. The fourth-order valence-electron chi connectivity index (χ4n) is 2.48. The molecular weight excluding hydrogens is 288 g/mol. The van der Waals surface area contributed by atoms with Crippen molar-refractivity contribution in [3.63, 3.8) is 0 Å². The minimum absolute atomic E-state index is 0.145. The maximum atomic E-state index is 11.8. The molecule has 1 aromatic rings. The lowest BCUT2D eigenvalue weighted by Gasteiger charge is -2.17. The van der Waals surface area contributed by atoms with Gasteiger partial charge in [0.1, 0.15) is 6.04 Å². The summed E-state index contributed by atoms with van der Waals surface area (Å²) in [4.78, 5) is 27.2. The molecule has 1 atom stereocenters. The molecule has 0 saturated heterocycles. The smallest absolute Gasteiger partial charge is 0.407 e. The number of ether oxygens (including phenoxy) is 1. The van der Waals surface area contributed by atoms with Crippen LogP contribution in [-0.2, 0) is 16.1 Å². The van der Waals surface area contributed by atoms with Crippen molar-refractivity contribution in [2.24, 2.45) is 0 Å². The van der Waals surface area contributed by atoms with E-state index in [2.05, 4.69) is 25.5 Å². The molecule has 122 valence electrons. The quantitative estimate of drug-likeness (QED) is 0.853. The van der Waals surface area contributed by atoms with E-state index in [-0.39, 0.29) is 12.5 Å². The first-order chi connectivity index (χ1) is 10.6. The third kappa shape index (κ3) is 4.44. The van der Waals surface area contributed by atoms with Crippen molar-refractivity contribution < 1.29 is 18.8 Å². The number of carbonyl (C=O) groups is 2. The molecule has 0 aromatic carbocycles. The Labute approximate surface area is 129 Å². The molecule has 0 unspecified atom stereocenters. The third-order valence-corrected chi connectivity index (χ3v) is 3.78. The number of hydrogen-bond acceptors (Lipinski definition) is 6. The molecule has 1 fully saturated rings. The van der Waals surface area contributed by atoms with Gasteiger partial charge in [-0.1, -0.05) is 24.4 Å². The zero-order valence-electron chi connectivity index (χ0n) is 12.9. The summed E-state index contributed by atoms with van der Waals surface area (Å²) in [6, 6.07) is -0.701. The molecule has 0 aliphatic heterocycles. The van der Waals surface area contributed by atoms with Crippen molar-refractivity contribution in [1.82, 2.24) is 20.8 Å². The highest BCUT2D eigenvalue weighted by atomic mass is 16.5. The van der Waals surface area contributed by atoms with E-state index >= 15 is 0 Å². The number of alkyl carbamates (subject to hydrolysis) is 1. The summed E-state index contributed by atoms with van der Waals surface area (Å²) in [5.74, 6) is 1.12. The van der Waals surface area contributed by atoms with Gasteiger partial charge in [0.05, 0.1) is 13.7 Å². The average molecular weight is 310 g/mol. The van der Waals surface area contributed by atoms with Crippen LogP contribution < -0.4 is 10.6 Å². The molecule has 8 heteroatoms. The van der Waals surface area contributed by atoms with Crippen LogP contribution in [0.25, 0.3) is 0 Å². The van der Waals surface area contributed by atoms with Crippen molar-refractivity contribution in [3.05, 3.63) is 11.7 Å². The first kappa shape index (κ1) is 16.3. The van der Waals surface area contributed by atoms with Gasteiger partial charge in [0, 0.05) is 5.92 Å². The number of carbonyl (C=O) groups excluding carboxylic acids is 2. The van der Waals surface area contributed by atoms with Crippen LogP contribution in [0.3, 0.4) is 0 Å². The first-order valence-corrected chi connectivity index (χ1v) is 7.55. The number of rotatable bonds is 5. The van der Waals surface area contributed by atoms with E-state index in [1.165, 1.54) is 26.4 Å². The van der Waals surface area contributed by atoms with Gasteiger partial charge < -0.3 is 19.9 Å². The summed E-state index contributed by atoms with van der Waals surface area (Å²) in [7, 11) is 1.24. The van der Waals surface area contributed by atoms with Gasteiger partial charge in [0.15, 0.2) is 5.82 Å². The third-order valence-electron chi connectivity index (χ3n) is 3.78. The maximum Gasteiger partial charge on any atom is 0.407 e. The average Bonchev–Trinajstić information content (AvgIpc) is 3.02. The Morgan fingerprint density at radius 1 is 1.36 bits per heavy atom. The summed E-state index contributed by atoms with van der Waals surface area (Å²) in [6.07, 6.45) is 5.18. The van der Waals surface area contributed by atoms with Gasteiger partial charge in [-0.15, -0.1) is 0 Å². The predicted molar refractivity (Wildman–Crippen MR) is 77.0 cm³/mol. The normalized spacial score (nSPS) is 16.8. The standard InChI is InChI=1S/C14H22N4O4/c1-9(16-14(20)21-2)13(19)15-8-11-17-12(18-22-11)10-6-4-3-5-7-10/h9-10H,3-8H2,1-2H3,(H,15,19)(H,16,20)/t9-/m0/s1. The van der Waals surface area contributed by atoms with Crippen LogP contribution in [0, 0.1) is 0 Å². The van der Waals surface area contributed by atoms with Crippen LogP contribution in [0.1, 0.15) is 56.7 Å². The van der Waals surface area contributed by atoms with E-state index in [0.717, 1.165) is 18.7 Å². The second kappa shape index (κ2) is 7.77. The molecule has 1 aromatic heterocycles. The van der Waals surface area contributed by atoms with Gasteiger partial charge in [0.25, 0.3) is 0 Å². The number of aromatic nitrogens is 2. The number of nitrogens with zero attached hydrogens (tertiary/aromatic N) is 2. The number of nitrogens with one attached hydrogen (secondary N) is 2. The van der Waals surface area contributed by atoms with Crippen LogP contribution in [0.4, 0.5) is 4.79 Å². The van der Waals surface area contributed by atoms with E-state index in [9.17, 15) is 9.59 Å². The lowest BCUT2D eigenvalue weighted by Crippen LogP contribution is -2.44. The minimum Gasteiger partial charge on any atom is -0.453 e. The van der Waals surface area contributed by atoms with Gasteiger partial charge >= 0.3 is 6.09 Å². The zero-order valence-corrected chi connectivity index (χ0v) is 12.9. The van der Waals surface area contributed by atoms with Crippen LogP contribution in [-0.4, -0.2) is 35.3 Å². The first-order valence-electron chi connectivity index (χ1n) is 7.55. The molecule has 1 heterocycles. The minimum atomic E-state index is -0.701. The van der Waals surface area contributed by atoms with E-state index in [1.54, 1.807) is 6.92 Å². The van der Waals surface area contributed by atoms with Gasteiger partial charge in [-0.25, -0.2) is 4.79 Å². The van der Waals surface area contributed by atoms with Crippen LogP contribution in [0.5, 0.6) is 0 Å². The summed E-state index contributed by atoms with van der Waals surface area (Å²) < 4.78 is 9.60. The van der Waals surface area contributed by atoms with Crippen molar-refractivity contribution in [1.29, 1.82) is 0 Å². The Bertz CT molecular complexity index is 511. The fraction of sp³-hybridized carbons (Fsp3) is 0.714. The van der Waals surface area contributed by atoms with Crippen molar-refractivity contribution in [2.45, 2.75) is 57.5 Å². The monoisotopic (exact) mass is 310 g/mol. The molecule has 2 amide bonds. The summed E-state index contributed by atoms with van der Waals surface area (Å²) in [6.45, 7) is 1.71. The summed E-state index contributed by atoms with van der Waals surface area (Å²) in [5, 5.41) is 9.02. The van der Waals surface area contributed by atoms with Gasteiger partial charge in [-0.3, -0.25) is 4.79 Å². The van der Waals surface area contributed by atoms with Gasteiger partial charge in [-0.05, 0) is 19.8 Å². The lowest BCUT2D eigenvalue weighted by molar-refractivity contribution is -0.122. The SMILES string of the molecule is COC(=O)N[C@@H](C)C(=O)NCc1nc(C2CCCCC2)no1. The second-order valence-electron chi connectivity index (χ2n) is 5.46. The molecule has 0 radical (unpaired) electrons. The van der Waals surface area contributed by atoms with E-state index in [1.807, 2.05) is 0 Å². The van der Waals surface area contributed by atoms with Crippen LogP contribution in [0.15, 0.2) is 4.52 Å². The Balaban J connectivity index is 1.80. The Morgan fingerprint density at radius 2 is 2.09 bits per heavy atom. The Hall–Kier alpha value is -2.12.